The Bertz CT molecular complexity index is 291. The van der Waals surface area contributed by atoms with Gasteiger partial charge in [0.2, 0.25) is 0 Å². The molecule has 4 heteroatoms. The number of hydrogen-bond donors (Lipinski definition) is 3. The normalized spacial score (nSPS) is 12.8. The molecule has 0 fully saturated rings. The minimum atomic E-state index is -0.199. The Hall–Kier alpha value is -0.710. The van der Waals surface area contributed by atoms with Crippen molar-refractivity contribution in [3.8, 4) is 5.75 Å². The summed E-state index contributed by atoms with van der Waals surface area (Å²) < 4.78 is 0. The second-order valence-electron chi connectivity index (χ2n) is 2.77. The van der Waals surface area contributed by atoms with Crippen molar-refractivity contribution in [3.05, 3.63) is 23.8 Å². The van der Waals surface area contributed by atoms with Crippen LogP contribution in [-0.2, 0) is 0 Å². The number of thioether (sulfide) groups is 1. The maximum absolute atomic E-state index is 9.27. The number of phenolic OH excluding ortho intramolecular Hbond substituents is 1. The minimum Gasteiger partial charge on any atom is -0.508 e. The summed E-state index contributed by atoms with van der Waals surface area (Å²) in [5.41, 5.74) is 12.2. The molecule has 72 valence electrons. The Kier molecular flexibility index (Phi) is 3.59. The number of benzene rings is 1. The zero-order chi connectivity index (χ0) is 9.84. The van der Waals surface area contributed by atoms with E-state index in [0.29, 0.717) is 6.54 Å². The largest absolute Gasteiger partial charge is 0.508 e. The first-order valence-corrected chi connectivity index (χ1v) is 5.24. The Morgan fingerprint density at radius 2 is 2.23 bits per heavy atom. The van der Waals surface area contributed by atoms with Gasteiger partial charge in [0.05, 0.1) is 0 Å². The molecule has 0 saturated carbocycles. The quantitative estimate of drug-likeness (QED) is 0.635. The molecule has 0 radical (unpaired) electrons. The molecule has 0 bridgehead atoms. The van der Waals surface area contributed by atoms with E-state index in [4.69, 9.17) is 11.5 Å². The summed E-state index contributed by atoms with van der Waals surface area (Å²) >= 11 is 1.60. The summed E-state index contributed by atoms with van der Waals surface area (Å²) in [5.74, 6) is 0.233. The van der Waals surface area contributed by atoms with Gasteiger partial charge >= 0.3 is 0 Å². The third-order valence-corrected chi connectivity index (χ3v) is 2.68. The summed E-state index contributed by atoms with van der Waals surface area (Å²) in [4.78, 5) is 1.07. The van der Waals surface area contributed by atoms with Crippen LogP contribution in [0.4, 0.5) is 0 Å². The highest BCUT2D eigenvalue weighted by Crippen LogP contribution is 2.27. The summed E-state index contributed by atoms with van der Waals surface area (Å²) in [7, 11) is 0. The minimum absolute atomic E-state index is 0.199. The van der Waals surface area contributed by atoms with Crippen molar-refractivity contribution in [1.29, 1.82) is 0 Å². The average molecular weight is 198 g/mol. The maximum atomic E-state index is 9.27. The molecule has 1 rings (SSSR count). The SMILES string of the molecule is CSc1ccc(O)cc1C(N)CN. The van der Waals surface area contributed by atoms with E-state index in [1.54, 1.807) is 23.9 Å². The molecule has 0 amide bonds. The summed E-state index contributed by atoms with van der Waals surface area (Å²) in [6.07, 6.45) is 1.97. The van der Waals surface area contributed by atoms with Crippen LogP contribution in [0.2, 0.25) is 0 Å². The molecule has 0 saturated heterocycles. The van der Waals surface area contributed by atoms with Gasteiger partial charge in [0.25, 0.3) is 0 Å². The van der Waals surface area contributed by atoms with Gasteiger partial charge in [-0.1, -0.05) is 0 Å². The zero-order valence-corrected chi connectivity index (χ0v) is 8.34. The molecule has 0 aliphatic rings. The fourth-order valence-corrected chi connectivity index (χ4v) is 1.79. The number of aromatic hydroxyl groups is 1. The fourth-order valence-electron chi connectivity index (χ4n) is 1.14. The molecular formula is C9H14N2OS. The van der Waals surface area contributed by atoms with Crippen molar-refractivity contribution < 1.29 is 5.11 Å². The molecule has 1 unspecified atom stereocenters. The predicted molar refractivity (Wildman–Crippen MR) is 55.9 cm³/mol. The first-order chi connectivity index (χ1) is 6.19. The molecule has 0 aromatic heterocycles. The Morgan fingerprint density at radius 3 is 2.77 bits per heavy atom. The number of phenols is 1. The molecule has 5 N–H and O–H groups in total. The van der Waals surface area contributed by atoms with Crippen molar-refractivity contribution in [2.24, 2.45) is 11.5 Å². The van der Waals surface area contributed by atoms with Gasteiger partial charge in [-0.25, -0.2) is 0 Å². The van der Waals surface area contributed by atoms with Crippen LogP contribution >= 0.6 is 11.8 Å². The number of rotatable bonds is 3. The van der Waals surface area contributed by atoms with Gasteiger partial charge in [-0.15, -0.1) is 11.8 Å². The van der Waals surface area contributed by atoms with Crippen LogP contribution in [0.25, 0.3) is 0 Å². The van der Waals surface area contributed by atoms with Crippen molar-refractivity contribution in [2.75, 3.05) is 12.8 Å². The van der Waals surface area contributed by atoms with Gasteiger partial charge < -0.3 is 16.6 Å². The topological polar surface area (TPSA) is 72.3 Å². The van der Waals surface area contributed by atoms with E-state index in [-0.39, 0.29) is 11.8 Å². The van der Waals surface area contributed by atoms with E-state index in [1.807, 2.05) is 12.3 Å². The van der Waals surface area contributed by atoms with Crippen LogP contribution in [0.1, 0.15) is 11.6 Å². The van der Waals surface area contributed by atoms with Gasteiger partial charge in [-0.2, -0.15) is 0 Å². The Balaban J connectivity index is 3.07. The van der Waals surface area contributed by atoms with E-state index in [0.717, 1.165) is 10.5 Å². The van der Waals surface area contributed by atoms with Crippen LogP contribution < -0.4 is 11.5 Å². The van der Waals surface area contributed by atoms with Crippen LogP contribution in [0.5, 0.6) is 5.75 Å². The van der Waals surface area contributed by atoms with Crippen molar-refractivity contribution in [2.45, 2.75) is 10.9 Å². The molecule has 13 heavy (non-hydrogen) atoms. The van der Waals surface area contributed by atoms with Gasteiger partial charge in [-0.3, -0.25) is 0 Å². The van der Waals surface area contributed by atoms with E-state index in [9.17, 15) is 5.11 Å². The fraction of sp³-hybridized carbons (Fsp3) is 0.333. The second-order valence-corrected chi connectivity index (χ2v) is 3.62. The van der Waals surface area contributed by atoms with E-state index in [1.165, 1.54) is 0 Å². The Morgan fingerprint density at radius 1 is 1.54 bits per heavy atom. The van der Waals surface area contributed by atoms with Crippen molar-refractivity contribution in [1.82, 2.24) is 0 Å². The smallest absolute Gasteiger partial charge is 0.115 e. The molecule has 0 spiro atoms. The van der Waals surface area contributed by atoms with Crippen LogP contribution in [0.3, 0.4) is 0 Å². The zero-order valence-electron chi connectivity index (χ0n) is 7.53. The molecule has 0 aliphatic heterocycles. The number of nitrogens with two attached hydrogens (primary N) is 2. The van der Waals surface area contributed by atoms with Gasteiger partial charge in [0.1, 0.15) is 5.75 Å². The lowest BCUT2D eigenvalue weighted by Gasteiger charge is -2.13. The predicted octanol–water partition coefficient (Wildman–Crippen LogP) is 1.07. The molecule has 3 nitrogen and oxygen atoms in total. The molecule has 1 atom stereocenters. The molecule has 0 heterocycles. The first kappa shape index (κ1) is 10.4. The van der Waals surface area contributed by atoms with Crippen LogP contribution in [0, 0.1) is 0 Å². The summed E-state index contributed by atoms with van der Waals surface area (Å²) in [5, 5.41) is 9.27. The third-order valence-electron chi connectivity index (χ3n) is 1.87. The summed E-state index contributed by atoms with van der Waals surface area (Å²) in [6, 6.07) is 4.97. The monoisotopic (exact) mass is 198 g/mol. The highest BCUT2D eigenvalue weighted by atomic mass is 32.2. The Labute approximate surface area is 82.1 Å². The summed E-state index contributed by atoms with van der Waals surface area (Å²) in [6.45, 7) is 0.386. The standard InChI is InChI=1S/C9H14N2OS/c1-13-9-3-2-6(12)4-7(9)8(11)5-10/h2-4,8,12H,5,10-11H2,1H3. The van der Waals surface area contributed by atoms with Gasteiger partial charge in [-0.05, 0) is 30.0 Å². The molecule has 1 aromatic rings. The highest BCUT2D eigenvalue weighted by molar-refractivity contribution is 7.98. The first-order valence-electron chi connectivity index (χ1n) is 4.01. The lowest BCUT2D eigenvalue weighted by Crippen LogP contribution is -2.21. The third kappa shape index (κ3) is 2.37. The van der Waals surface area contributed by atoms with Crippen molar-refractivity contribution >= 4 is 11.8 Å². The van der Waals surface area contributed by atoms with Crippen molar-refractivity contribution in [3.63, 3.8) is 0 Å². The van der Waals surface area contributed by atoms with E-state index >= 15 is 0 Å². The molecule has 0 aliphatic carbocycles. The average Bonchev–Trinajstić information content (AvgIpc) is 2.16. The highest BCUT2D eigenvalue weighted by Gasteiger charge is 2.09. The van der Waals surface area contributed by atoms with E-state index < -0.39 is 0 Å². The number of hydrogen-bond acceptors (Lipinski definition) is 4. The lowest BCUT2D eigenvalue weighted by molar-refractivity contribution is 0.473. The van der Waals surface area contributed by atoms with E-state index in [2.05, 4.69) is 0 Å². The maximum Gasteiger partial charge on any atom is 0.115 e. The second kappa shape index (κ2) is 4.50. The van der Waals surface area contributed by atoms with Crippen LogP contribution in [0.15, 0.2) is 23.1 Å². The van der Waals surface area contributed by atoms with Gasteiger partial charge in [0.15, 0.2) is 0 Å². The molecular weight excluding hydrogens is 184 g/mol. The lowest BCUT2D eigenvalue weighted by atomic mass is 10.1. The van der Waals surface area contributed by atoms with Gasteiger partial charge in [0, 0.05) is 17.5 Å². The van der Waals surface area contributed by atoms with Crippen LogP contribution in [-0.4, -0.2) is 17.9 Å². The molecule has 1 aromatic carbocycles.